The standard InChI is InChI=1S/C15H18F4N2/c16-12-6-10(5-11(7-12)15(17,18)19)8-20-13-3-4-21(9-13)14-1-2-14/h5-7,13-14,20H,1-4,8-9H2. The Hall–Kier alpha value is -1.14. The van der Waals surface area contributed by atoms with E-state index < -0.39 is 17.6 Å². The van der Waals surface area contributed by atoms with E-state index in [1.807, 2.05) is 0 Å². The van der Waals surface area contributed by atoms with Crippen molar-refractivity contribution < 1.29 is 17.6 Å². The highest BCUT2D eigenvalue weighted by atomic mass is 19.4. The summed E-state index contributed by atoms with van der Waals surface area (Å²) in [4.78, 5) is 2.42. The van der Waals surface area contributed by atoms with Crippen LogP contribution in [-0.2, 0) is 12.7 Å². The van der Waals surface area contributed by atoms with Crippen LogP contribution in [0.2, 0.25) is 0 Å². The topological polar surface area (TPSA) is 15.3 Å². The van der Waals surface area contributed by atoms with Gasteiger partial charge in [0.15, 0.2) is 0 Å². The van der Waals surface area contributed by atoms with Crippen molar-refractivity contribution in [3.05, 3.63) is 35.1 Å². The van der Waals surface area contributed by atoms with Gasteiger partial charge in [0.1, 0.15) is 5.82 Å². The fraction of sp³-hybridized carbons (Fsp3) is 0.600. The van der Waals surface area contributed by atoms with Crippen LogP contribution in [0.25, 0.3) is 0 Å². The number of likely N-dealkylation sites (tertiary alicyclic amines) is 1. The Bertz CT molecular complexity index is 511. The third kappa shape index (κ3) is 3.74. The molecule has 21 heavy (non-hydrogen) atoms. The molecule has 1 saturated heterocycles. The van der Waals surface area contributed by atoms with Gasteiger partial charge in [-0.15, -0.1) is 0 Å². The molecule has 2 nitrogen and oxygen atoms in total. The lowest BCUT2D eigenvalue weighted by Gasteiger charge is -2.16. The van der Waals surface area contributed by atoms with E-state index >= 15 is 0 Å². The van der Waals surface area contributed by atoms with Gasteiger partial charge in [0, 0.05) is 31.7 Å². The minimum Gasteiger partial charge on any atom is -0.309 e. The largest absolute Gasteiger partial charge is 0.416 e. The zero-order valence-electron chi connectivity index (χ0n) is 11.6. The Labute approximate surface area is 121 Å². The molecule has 1 heterocycles. The molecule has 1 aromatic rings. The maximum atomic E-state index is 13.3. The quantitative estimate of drug-likeness (QED) is 0.860. The highest BCUT2D eigenvalue weighted by molar-refractivity contribution is 5.26. The SMILES string of the molecule is Fc1cc(CNC2CCN(C3CC3)C2)cc(C(F)(F)F)c1. The summed E-state index contributed by atoms with van der Waals surface area (Å²) in [5.74, 6) is -0.840. The molecule has 116 valence electrons. The molecule has 1 aliphatic heterocycles. The van der Waals surface area contributed by atoms with Crippen LogP contribution >= 0.6 is 0 Å². The van der Waals surface area contributed by atoms with E-state index in [-0.39, 0.29) is 12.6 Å². The van der Waals surface area contributed by atoms with Crippen LogP contribution in [-0.4, -0.2) is 30.1 Å². The first-order valence-electron chi connectivity index (χ1n) is 7.26. The van der Waals surface area contributed by atoms with Crippen LogP contribution in [0.4, 0.5) is 17.6 Å². The first-order valence-corrected chi connectivity index (χ1v) is 7.26. The molecule has 0 amide bonds. The summed E-state index contributed by atoms with van der Waals surface area (Å²) >= 11 is 0. The highest BCUT2D eigenvalue weighted by Gasteiger charge is 2.34. The van der Waals surface area contributed by atoms with Gasteiger partial charge in [0.2, 0.25) is 0 Å². The third-order valence-electron chi connectivity index (χ3n) is 4.16. The third-order valence-corrected chi connectivity index (χ3v) is 4.16. The lowest BCUT2D eigenvalue weighted by Crippen LogP contribution is -2.33. The molecule has 0 aromatic heterocycles. The van der Waals surface area contributed by atoms with Crippen LogP contribution in [0, 0.1) is 5.82 Å². The second-order valence-electron chi connectivity index (χ2n) is 5.94. The Kier molecular flexibility index (Phi) is 3.92. The van der Waals surface area contributed by atoms with E-state index in [9.17, 15) is 17.6 Å². The predicted molar refractivity (Wildman–Crippen MR) is 71.2 cm³/mol. The second-order valence-corrected chi connectivity index (χ2v) is 5.94. The molecular weight excluding hydrogens is 284 g/mol. The van der Waals surface area contributed by atoms with E-state index in [2.05, 4.69) is 10.2 Å². The average Bonchev–Trinajstić information content (AvgIpc) is 3.14. The number of nitrogens with one attached hydrogen (secondary N) is 1. The van der Waals surface area contributed by atoms with Crippen LogP contribution in [0.1, 0.15) is 30.4 Å². The summed E-state index contributed by atoms with van der Waals surface area (Å²) in [5, 5.41) is 3.24. The molecule has 3 rings (SSSR count). The van der Waals surface area contributed by atoms with Crippen molar-refractivity contribution >= 4 is 0 Å². The van der Waals surface area contributed by atoms with E-state index in [4.69, 9.17) is 0 Å². The van der Waals surface area contributed by atoms with Gasteiger partial charge in [-0.1, -0.05) is 0 Å². The van der Waals surface area contributed by atoms with E-state index in [1.165, 1.54) is 12.8 Å². The fourth-order valence-corrected chi connectivity index (χ4v) is 2.90. The van der Waals surface area contributed by atoms with Crippen molar-refractivity contribution in [1.29, 1.82) is 0 Å². The minimum absolute atomic E-state index is 0.268. The van der Waals surface area contributed by atoms with Gasteiger partial charge in [-0.3, -0.25) is 4.90 Å². The van der Waals surface area contributed by atoms with E-state index in [1.54, 1.807) is 0 Å². The monoisotopic (exact) mass is 302 g/mol. The van der Waals surface area contributed by atoms with Crippen molar-refractivity contribution in [2.24, 2.45) is 0 Å². The minimum atomic E-state index is -4.51. The van der Waals surface area contributed by atoms with Gasteiger partial charge < -0.3 is 5.32 Å². The Morgan fingerprint density at radius 3 is 2.57 bits per heavy atom. The summed E-state index contributed by atoms with van der Waals surface area (Å²) < 4.78 is 51.2. The van der Waals surface area contributed by atoms with Crippen molar-refractivity contribution in [2.75, 3.05) is 13.1 Å². The molecule has 1 saturated carbocycles. The lowest BCUT2D eigenvalue weighted by atomic mass is 10.1. The molecule has 6 heteroatoms. The van der Waals surface area contributed by atoms with E-state index in [0.29, 0.717) is 17.7 Å². The first-order chi connectivity index (χ1) is 9.91. The number of halogens is 4. The number of benzene rings is 1. The summed E-state index contributed by atoms with van der Waals surface area (Å²) in [6, 6.07) is 3.71. The summed E-state index contributed by atoms with van der Waals surface area (Å²) in [6.45, 7) is 2.25. The lowest BCUT2D eigenvalue weighted by molar-refractivity contribution is -0.137. The van der Waals surface area contributed by atoms with Crippen molar-refractivity contribution in [1.82, 2.24) is 10.2 Å². The zero-order valence-corrected chi connectivity index (χ0v) is 11.6. The van der Waals surface area contributed by atoms with Crippen LogP contribution in [0.5, 0.6) is 0 Å². The van der Waals surface area contributed by atoms with Gasteiger partial charge in [0.05, 0.1) is 5.56 Å². The van der Waals surface area contributed by atoms with Gasteiger partial charge in [-0.05, 0) is 43.0 Å². The normalized spacial score (nSPS) is 23.7. The summed E-state index contributed by atoms with van der Waals surface area (Å²) in [5.41, 5.74) is -0.586. The second kappa shape index (κ2) is 5.57. The molecule has 1 aromatic carbocycles. The van der Waals surface area contributed by atoms with Crippen molar-refractivity contribution in [3.63, 3.8) is 0 Å². The summed E-state index contributed by atoms with van der Waals surface area (Å²) in [6.07, 6.45) is -0.998. The highest BCUT2D eigenvalue weighted by Crippen LogP contribution is 2.31. The molecule has 1 aliphatic carbocycles. The van der Waals surface area contributed by atoms with Crippen LogP contribution < -0.4 is 5.32 Å². The molecule has 1 N–H and O–H groups in total. The van der Waals surface area contributed by atoms with Gasteiger partial charge in [-0.2, -0.15) is 13.2 Å². The van der Waals surface area contributed by atoms with Gasteiger partial charge in [0.25, 0.3) is 0 Å². The fourth-order valence-electron chi connectivity index (χ4n) is 2.90. The maximum Gasteiger partial charge on any atom is 0.416 e. The molecule has 0 bridgehead atoms. The van der Waals surface area contributed by atoms with Crippen LogP contribution in [0.3, 0.4) is 0 Å². The summed E-state index contributed by atoms with van der Waals surface area (Å²) in [7, 11) is 0. The van der Waals surface area contributed by atoms with Crippen molar-refractivity contribution in [3.8, 4) is 0 Å². The average molecular weight is 302 g/mol. The number of rotatable bonds is 4. The van der Waals surface area contributed by atoms with E-state index in [0.717, 1.165) is 31.6 Å². The maximum absolute atomic E-state index is 13.3. The first kappa shape index (κ1) is 14.8. The molecular formula is C15H18F4N2. The molecule has 1 atom stereocenters. The molecule has 0 spiro atoms. The Morgan fingerprint density at radius 1 is 1.14 bits per heavy atom. The molecule has 2 aliphatic rings. The zero-order chi connectivity index (χ0) is 15.0. The number of nitrogens with zero attached hydrogens (tertiary/aromatic N) is 1. The number of hydrogen-bond donors (Lipinski definition) is 1. The Balaban J connectivity index is 1.59. The van der Waals surface area contributed by atoms with Crippen molar-refractivity contribution in [2.45, 2.75) is 44.1 Å². The number of alkyl halides is 3. The smallest absolute Gasteiger partial charge is 0.309 e. The number of hydrogen-bond acceptors (Lipinski definition) is 2. The molecule has 2 fully saturated rings. The predicted octanol–water partition coefficient (Wildman–Crippen LogP) is 3.17. The van der Waals surface area contributed by atoms with Gasteiger partial charge >= 0.3 is 6.18 Å². The van der Waals surface area contributed by atoms with Gasteiger partial charge in [-0.25, -0.2) is 4.39 Å². The Morgan fingerprint density at radius 2 is 1.90 bits per heavy atom. The molecule has 1 unspecified atom stereocenters. The molecule has 0 radical (unpaired) electrons. The van der Waals surface area contributed by atoms with Crippen LogP contribution in [0.15, 0.2) is 18.2 Å².